The largest absolute Gasteiger partial charge is 0.391 e. The van der Waals surface area contributed by atoms with Crippen molar-refractivity contribution in [3.8, 4) is 11.3 Å². The van der Waals surface area contributed by atoms with Crippen LogP contribution in [0.15, 0.2) is 16.0 Å². The van der Waals surface area contributed by atoms with Crippen molar-refractivity contribution >= 4 is 27.3 Å². The van der Waals surface area contributed by atoms with Crippen LogP contribution in [0.4, 0.5) is 13.2 Å². The smallest absolute Gasteiger partial charge is 0.161 e. The van der Waals surface area contributed by atoms with E-state index in [1.807, 2.05) is 0 Å². The molecular weight excluding hydrogens is 319 g/mol. The molecule has 1 N–H and O–H groups in total. The lowest BCUT2D eigenvalue weighted by Crippen LogP contribution is -1.94. The number of benzene rings is 1. The Morgan fingerprint density at radius 2 is 1.82 bits per heavy atom. The van der Waals surface area contributed by atoms with Gasteiger partial charge in [0.05, 0.1) is 17.2 Å². The Morgan fingerprint density at radius 3 is 2.47 bits per heavy atom. The summed E-state index contributed by atoms with van der Waals surface area (Å²) in [6.07, 6.45) is 0. The van der Waals surface area contributed by atoms with E-state index >= 15 is 0 Å². The van der Waals surface area contributed by atoms with Gasteiger partial charge in [0.2, 0.25) is 0 Å². The fourth-order valence-corrected chi connectivity index (χ4v) is 2.77. The van der Waals surface area contributed by atoms with Gasteiger partial charge in [0.15, 0.2) is 15.6 Å². The van der Waals surface area contributed by atoms with E-state index in [2.05, 4.69) is 20.9 Å². The van der Waals surface area contributed by atoms with Crippen LogP contribution in [0, 0.1) is 17.5 Å². The molecule has 0 fully saturated rings. The van der Waals surface area contributed by atoms with Crippen molar-refractivity contribution in [1.82, 2.24) is 4.98 Å². The summed E-state index contributed by atoms with van der Waals surface area (Å²) in [5, 5.41) is 9.07. The second kappa shape index (κ2) is 4.75. The number of aliphatic hydroxyl groups is 1. The lowest BCUT2D eigenvalue weighted by atomic mass is 10.1. The lowest BCUT2D eigenvalue weighted by molar-refractivity contribution is 0.286. The number of aliphatic hydroxyl groups excluding tert-OH is 1. The second-order valence-electron chi connectivity index (χ2n) is 3.14. The van der Waals surface area contributed by atoms with Gasteiger partial charge in [-0.05, 0) is 22.0 Å². The van der Waals surface area contributed by atoms with Crippen molar-refractivity contribution < 1.29 is 18.3 Å². The van der Waals surface area contributed by atoms with E-state index in [0.717, 1.165) is 17.4 Å². The Labute approximate surface area is 107 Å². The Kier molecular flexibility index (Phi) is 3.50. The van der Waals surface area contributed by atoms with Gasteiger partial charge in [-0.2, -0.15) is 0 Å². The second-order valence-corrected chi connectivity index (χ2v) is 5.50. The molecule has 0 saturated carbocycles. The van der Waals surface area contributed by atoms with E-state index in [9.17, 15) is 13.2 Å². The quantitative estimate of drug-likeness (QED) is 0.858. The average molecular weight is 324 g/mol. The van der Waals surface area contributed by atoms with Gasteiger partial charge in [-0.1, -0.05) is 0 Å². The Balaban J connectivity index is 2.63. The minimum Gasteiger partial charge on any atom is -0.391 e. The summed E-state index contributed by atoms with van der Waals surface area (Å²) >= 11 is 4.19. The van der Waals surface area contributed by atoms with Crippen LogP contribution in [-0.2, 0) is 6.61 Å². The van der Waals surface area contributed by atoms with E-state index in [4.69, 9.17) is 5.11 Å². The summed E-state index contributed by atoms with van der Waals surface area (Å²) in [6, 6.07) is 1.18. The van der Waals surface area contributed by atoms with Gasteiger partial charge in [0, 0.05) is 11.6 Å². The standard InChI is InChI=1S/C10H5BrF3NOS/c11-10-15-9(8(3-16)17-10)4-1-6(13)7(14)2-5(4)12/h1-2,16H,3H2. The lowest BCUT2D eigenvalue weighted by Gasteiger charge is -2.03. The third-order valence-corrected chi connectivity index (χ3v) is 3.57. The van der Waals surface area contributed by atoms with Crippen molar-refractivity contribution in [3.63, 3.8) is 0 Å². The molecule has 0 amide bonds. The van der Waals surface area contributed by atoms with Crippen LogP contribution in [0.25, 0.3) is 11.3 Å². The molecule has 17 heavy (non-hydrogen) atoms. The third kappa shape index (κ3) is 2.36. The molecule has 2 aromatic rings. The number of hydrogen-bond acceptors (Lipinski definition) is 3. The maximum absolute atomic E-state index is 13.5. The molecule has 0 unspecified atom stereocenters. The average Bonchev–Trinajstić information content (AvgIpc) is 2.64. The molecular formula is C10H5BrF3NOS. The molecule has 0 aliphatic heterocycles. The molecule has 2 rings (SSSR count). The van der Waals surface area contributed by atoms with E-state index in [1.54, 1.807) is 0 Å². The Hall–Kier alpha value is -0.920. The first-order valence-electron chi connectivity index (χ1n) is 4.44. The van der Waals surface area contributed by atoms with Crippen LogP contribution in [0.3, 0.4) is 0 Å². The van der Waals surface area contributed by atoms with Crippen molar-refractivity contribution in [2.45, 2.75) is 6.61 Å². The molecule has 0 atom stereocenters. The van der Waals surface area contributed by atoms with E-state index < -0.39 is 17.5 Å². The van der Waals surface area contributed by atoms with Crippen LogP contribution in [0.1, 0.15) is 4.88 Å². The van der Waals surface area contributed by atoms with Gasteiger partial charge in [-0.3, -0.25) is 0 Å². The highest BCUT2D eigenvalue weighted by atomic mass is 79.9. The minimum atomic E-state index is -1.26. The predicted molar refractivity (Wildman–Crippen MR) is 61.0 cm³/mol. The highest BCUT2D eigenvalue weighted by molar-refractivity contribution is 9.11. The summed E-state index contributed by atoms with van der Waals surface area (Å²) in [6.45, 7) is -0.350. The Morgan fingerprint density at radius 1 is 1.18 bits per heavy atom. The fraction of sp³-hybridized carbons (Fsp3) is 0.100. The molecule has 0 saturated heterocycles. The zero-order chi connectivity index (χ0) is 12.6. The van der Waals surface area contributed by atoms with E-state index in [-0.39, 0.29) is 17.9 Å². The van der Waals surface area contributed by atoms with Gasteiger partial charge in [-0.25, -0.2) is 18.2 Å². The first-order valence-corrected chi connectivity index (χ1v) is 6.05. The molecule has 1 aromatic heterocycles. The van der Waals surface area contributed by atoms with Crippen molar-refractivity contribution in [3.05, 3.63) is 38.4 Å². The van der Waals surface area contributed by atoms with Crippen molar-refractivity contribution in [2.24, 2.45) is 0 Å². The van der Waals surface area contributed by atoms with Crippen LogP contribution < -0.4 is 0 Å². The zero-order valence-electron chi connectivity index (χ0n) is 8.18. The first-order chi connectivity index (χ1) is 8.02. The number of halogens is 4. The molecule has 7 heteroatoms. The molecule has 0 spiro atoms. The number of aromatic nitrogens is 1. The topological polar surface area (TPSA) is 33.1 Å². The minimum absolute atomic E-state index is 0.112. The number of hydrogen-bond donors (Lipinski definition) is 1. The van der Waals surface area contributed by atoms with Crippen LogP contribution in [-0.4, -0.2) is 10.1 Å². The highest BCUT2D eigenvalue weighted by Gasteiger charge is 2.17. The normalized spacial score (nSPS) is 10.9. The molecule has 1 aromatic carbocycles. The molecule has 0 aliphatic rings. The summed E-state index contributed by atoms with van der Waals surface area (Å²) in [5.74, 6) is -3.34. The molecule has 0 radical (unpaired) electrons. The molecule has 1 heterocycles. The van der Waals surface area contributed by atoms with Crippen molar-refractivity contribution in [1.29, 1.82) is 0 Å². The van der Waals surface area contributed by atoms with Gasteiger partial charge in [0.25, 0.3) is 0 Å². The zero-order valence-corrected chi connectivity index (χ0v) is 10.6. The first kappa shape index (κ1) is 12.5. The predicted octanol–water partition coefficient (Wildman–Crippen LogP) is 3.48. The summed E-state index contributed by atoms with van der Waals surface area (Å²) in [5.41, 5.74) is -0.0596. The van der Waals surface area contributed by atoms with Crippen LogP contribution in [0.5, 0.6) is 0 Å². The maximum Gasteiger partial charge on any atom is 0.161 e. The summed E-state index contributed by atoms with van der Waals surface area (Å²) in [7, 11) is 0. The molecule has 0 aliphatic carbocycles. The summed E-state index contributed by atoms with van der Waals surface area (Å²) in [4.78, 5) is 4.31. The third-order valence-electron chi connectivity index (χ3n) is 2.08. The maximum atomic E-state index is 13.5. The van der Waals surface area contributed by atoms with Crippen LogP contribution in [0.2, 0.25) is 0 Å². The van der Waals surface area contributed by atoms with E-state index in [1.165, 1.54) is 0 Å². The van der Waals surface area contributed by atoms with Gasteiger partial charge < -0.3 is 5.11 Å². The Bertz CT molecular complexity index is 573. The van der Waals surface area contributed by atoms with Gasteiger partial charge in [-0.15, -0.1) is 11.3 Å². The van der Waals surface area contributed by atoms with Gasteiger partial charge >= 0.3 is 0 Å². The molecule has 2 nitrogen and oxygen atoms in total. The van der Waals surface area contributed by atoms with Crippen molar-refractivity contribution in [2.75, 3.05) is 0 Å². The fourth-order valence-electron chi connectivity index (χ4n) is 1.34. The van der Waals surface area contributed by atoms with Gasteiger partial charge in [0.1, 0.15) is 5.82 Å². The van der Waals surface area contributed by atoms with Crippen LogP contribution >= 0.6 is 27.3 Å². The SMILES string of the molecule is OCc1sc(Br)nc1-c1cc(F)c(F)cc1F. The molecule has 0 bridgehead atoms. The number of nitrogens with zero attached hydrogens (tertiary/aromatic N) is 1. The number of rotatable bonds is 2. The summed E-state index contributed by atoms with van der Waals surface area (Å²) < 4.78 is 39.8. The highest BCUT2D eigenvalue weighted by Crippen LogP contribution is 2.33. The molecule has 90 valence electrons. The monoisotopic (exact) mass is 323 g/mol. The number of thiazole rings is 1. The van der Waals surface area contributed by atoms with E-state index in [0.29, 0.717) is 14.9 Å².